The number of benzene rings is 2. The standard InChI is InChI=1S/C27H30N3/c1-16(2)12-20-8-7-9-24-22(20)10-11-25(29(24)6)23-13-21-14-26-28-17(3)15-30(26)27(21)19(5)18(23)4/h7-11,13,15-16H,12,14H2,1-6H3/q+1. The Bertz CT molecular complexity index is 1310. The molecule has 0 N–H and O–H groups in total. The van der Waals surface area contributed by atoms with Crippen molar-refractivity contribution in [1.29, 1.82) is 0 Å². The smallest absolute Gasteiger partial charge is 0.213 e. The summed E-state index contributed by atoms with van der Waals surface area (Å²) in [5, 5.41) is 1.36. The lowest BCUT2D eigenvalue weighted by molar-refractivity contribution is -0.633. The first-order valence-corrected chi connectivity index (χ1v) is 10.9. The SMILES string of the molecule is Cc1cn2c(n1)Cc1cc(-c3ccc4c(CC(C)C)cccc4[n+]3C)c(C)c(C)c1-2. The molecule has 5 rings (SSSR count). The maximum absolute atomic E-state index is 4.73. The highest BCUT2D eigenvalue weighted by atomic mass is 15.1. The number of aryl methyl sites for hydroxylation is 2. The van der Waals surface area contributed by atoms with Crippen molar-refractivity contribution in [3.63, 3.8) is 0 Å². The molecule has 1 aliphatic heterocycles. The number of nitrogens with zero attached hydrogens (tertiary/aromatic N) is 3. The molecule has 3 heteroatoms. The summed E-state index contributed by atoms with van der Waals surface area (Å²) in [6, 6.07) is 13.7. The van der Waals surface area contributed by atoms with Crippen LogP contribution < -0.4 is 4.57 Å². The molecule has 3 heterocycles. The molecule has 0 atom stereocenters. The molecule has 0 unspecified atom stereocenters. The van der Waals surface area contributed by atoms with Crippen LogP contribution in [0.1, 0.15) is 47.6 Å². The summed E-state index contributed by atoms with van der Waals surface area (Å²) in [5.41, 5.74) is 11.8. The first-order valence-electron chi connectivity index (χ1n) is 10.9. The van der Waals surface area contributed by atoms with Crippen molar-refractivity contribution < 1.29 is 4.57 Å². The molecular weight excluding hydrogens is 366 g/mol. The van der Waals surface area contributed by atoms with Gasteiger partial charge in [0, 0.05) is 35.7 Å². The van der Waals surface area contributed by atoms with E-state index in [9.17, 15) is 0 Å². The Morgan fingerprint density at radius 2 is 1.87 bits per heavy atom. The first kappa shape index (κ1) is 19.0. The molecule has 0 aliphatic carbocycles. The van der Waals surface area contributed by atoms with E-state index in [2.05, 4.69) is 93.4 Å². The molecule has 152 valence electrons. The quantitative estimate of drug-likeness (QED) is 0.367. The van der Waals surface area contributed by atoms with Gasteiger partial charge in [0.1, 0.15) is 12.9 Å². The summed E-state index contributed by atoms with van der Waals surface area (Å²) in [6.45, 7) is 11.2. The predicted molar refractivity (Wildman–Crippen MR) is 123 cm³/mol. The second kappa shape index (κ2) is 6.80. The summed E-state index contributed by atoms with van der Waals surface area (Å²) in [7, 11) is 2.20. The molecule has 4 aromatic rings. The second-order valence-electron chi connectivity index (χ2n) is 9.25. The van der Waals surface area contributed by atoms with Crippen LogP contribution in [0.25, 0.3) is 27.8 Å². The van der Waals surface area contributed by atoms with Gasteiger partial charge in [-0.2, -0.15) is 4.57 Å². The highest BCUT2D eigenvalue weighted by Gasteiger charge is 2.27. The van der Waals surface area contributed by atoms with E-state index in [0.717, 1.165) is 24.4 Å². The third-order valence-electron chi connectivity index (χ3n) is 6.64. The van der Waals surface area contributed by atoms with E-state index < -0.39 is 0 Å². The Morgan fingerprint density at radius 1 is 1.07 bits per heavy atom. The largest absolute Gasteiger partial charge is 0.303 e. The first-order chi connectivity index (χ1) is 14.3. The predicted octanol–water partition coefficient (Wildman–Crippen LogP) is 5.54. The van der Waals surface area contributed by atoms with Crippen molar-refractivity contribution in [2.45, 2.75) is 47.5 Å². The molecule has 0 saturated carbocycles. The Hall–Kier alpha value is -2.94. The average molecular weight is 397 g/mol. The van der Waals surface area contributed by atoms with Gasteiger partial charge in [0.25, 0.3) is 0 Å². The van der Waals surface area contributed by atoms with Gasteiger partial charge in [0.2, 0.25) is 11.2 Å². The normalized spacial score (nSPS) is 12.6. The van der Waals surface area contributed by atoms with Gasteiger partial charge >= 0.3 is 0 Å². The Kier molecular flexibility index (Phi) is 4.32. The van der Waals surface area contributed by atoms with Crippen LogP contribution in [0.5, 0.6) is 0 Å². The van der Waals surface area contributed by atoms with Crippen molar-refractivity contribution >= 4 is 10.9 Å². The van der Waals surface area contributed by atoms with Crippen LogP contribution in [-0.2, 0) is 19.9 Å². The van der Waals surface area contributed by atoms with E-state index >= 15 is 0 Å². The number of imidazole rings is 1. The lowest BCUT2D eigenvalue weighted by Crippen LogP contribution is -2.32. The molecule has 0 bridgehead atoms. The Labute approximate surface area is 179 Å². The summed E-state index contributed by atoms with van der Waals surface area (Å²) >= 11 is 0. The van der Waals surface area contributed by atoms with Gasteiger partial charge in [-0.3, -0.25) is 0 Å². The minimum absolute atomic E-state index is 0.650. The zero-order valence-corrected chi connectivity index (χ0v) is 18.9. The topological polar surface area (TPSA) is 21.7 Å². The van der Waals surface area contributed by atoms with E-state index in [-0.39, 0.29) is 0 Å². The van der Waals surface area contributed by atoms with Crippen LogP contribution in [0.2, 0.25) is 0 Å². The van der Waals surface area contributed by atoms with Gasteiger partial charge in [-0.25, -0.2) is 4.98 Å². The van der Waals surface area contributed by atoms with E-state index in [1.807, 2.05) is 0 Å². The van der Waals surface area contributed by atoms with Gasteiger partial charge in [-0.15, -0.1) is 0 Å². The minimum Gasteiger partial charge on any atom is -0.303 e. The summed E-state index contributed by atoms with van der Waals surface area (Å²) < 4.78 is 4.65. The number of pyridine rings is 1. The highest BCUT2D eigenvalue weighted by Crippen LogP contribution is 2.37. The zero-order chi connectivity index (χ0) is 21.2. The van der Waals surface area contributed by atoms with Crippen molar-refractivity contribution in [2.75, 3.05) is 0 Å². The molecule has 0 fully saturated rings. The fourth-order valence-corrected chi connectivity index (χ4v) is 5.12. The maximum Gasteiger partial charge on any atom is 0.213 e. The van der Waals surface area contributed by atoms with Crippen LogP contribution in [0, 0.1) is 26.7 Å². The molecule has 0 spiro atoms. The molecule has 2 aromatic carbocycles. The Morgan fingerprint density at radius 3 is 2.63 bits per heavy atom. The monoisotopic (exact) mass is 396 g/mol. The van der Waals surface area contributed by atoms with E-state index in [0.29, 0.717) is 5.92 Å². The molecule has 2 aromatic heterocycles. The lowest BCUT2D eigenvalue weighted by Gasteiger charge is -2.15. The van der Waals surface area contributed by atoms with Crippen LogP contribution in [0.15, 0.2) is 42.6 Å². The lowest BCUT2D eigenvalue weighted by atomic mass is 9.93. The van der Waals surface area contributed by atoms with Crippen molar-refractivity contribution in [3.8, 4) is 16.9 Å². The Balaban J connectivity index is 1.69. The third-order valence-corrected chi connectivity index (χ3v) is 6.64. The van der Waals surface area contributed by atoms with Crippen LogP contribution in [-0.4, -0.2) is 9.55 Å². The van der Waals surface area contributed by atoms with Gasteiger partial charge in [0.15, 0.2) is 0 Å². The molecule has 30 heavy (non-hydrogen) atoms. The van der Waals surface area contributed by atoms with Gasteiger partial charge in [-0.1, -0.05) is 26.0 Å². The van der Waals surface area contributed by atoms with Crippen molar-refractivity contribution in [1.82, 2.24) is 9.55 Å². The number of hydrogen-bond donors (Lipinski definition) is 0. The molecule has 0 amide bonds. The second-order valence-corrected chi connectivity index (χ2v) is 9.25. The van der Waals surface area contributed by atoms with Crippen molar-refractivity contribution in [3.05, 3.63) is 76.4 Å². The van der Waals surface area contributed by atoms with Crippen LogP contribution in [0.4, 0.5) is 0 Å². The van der Waals surface area contributed by atoms with E-state index in [1.54, 1.807) is 0 Å². The van der Waals surface area contributed by atoms with Gasteiger partial charge in [-0.05, 0) is 67.5 Å². The van der Waals surface area contributed by atoms with E-state index in [1.165, 1.54) is 50.1 Å². The maximum atomic E-state index is 4.73. The van der Waals surface area contributed by atoms with E-state index in [4.69, 9.17) is 4.98 Å². The minimum atomic E-state index is 0.650. The zero-order valence-electron chi connectivity index (χ0n) is 18.9. The fraction of sp³-hybridized carbons (Fsp3) is 0.333. The molecule has 0 radical (unpaired) electrons. The number of hydrogen-bond acceptors (Lipinski definition) is 1. The summed E-state index contributed by atoms with van der Waals surface area (Å²) in [4.78, 5) is 4.73. The van der Waals surface area contributed by atoms with Crippen LogP contribution in [0.3, 0.4) is 0 Å². The summed E-state index contributed by atoms with van der Waals surface area (Å²) in [6.07, 6.45) is 4.19. The fourth-order valence-electron chi connectivity index (χ4n) is 5.12. The highest BCUT2D eigenvalue weighted by molar-refractivity contribution is 5.82. The summed E-state index contributed by atoms with van der Waals surface area (Å²) in [5.74, 6) is 1.81. The molecular formula is C27H30N3+. The van der Waals surface area contributed by atoms with Crippen LogP contribution >= 0.6 is 0 Å². The molecule has 3 nitrogen and oxygen atoms in total. The van der Waals surface area contributed by atoms with Gasteiger partial charge in [0.05, 0.1) is 11.4 Å². The average Bonchev–Trinajstić information content (AvgIpc) is 3.21. The number of aromatic nitrogens is 3. The van der Waals surface area contributed by atoms with Crippen molar-refractivity contribution in [2.24, 2.45) is 13.0 Å². The molecule has 1 aliphatic rings. The molecule has 0 saturated heterocycles. The number of fused-ring (bicyclic) bond motifs is 4. The van der Waals surface area contributed by atoms with Gasteiger partial charge < -0.3 is 4.57 Å². The third kappa shape index (κ3) is 2.79. The number of rotatable bonds is 3.